The zero-order chi connectivity index (χ0) is 9.42. The molecule has 1 aliphatic rings. The van der Waals surface area contributed by atoms with Crippen LogP contribution in [0.1, 0.15) is 27.9 Å². The molecule has 0 amide bonds. The van der Waals surface area contributed by atoms with Crippen molar-refractivity contribution in [2.24, 2.45) is 0 Å². The van der Waals surface area contributed by atoms with E-state index in [4.69, 9.17) is 5.26 Å². The van der Waals surface area contributed by atoms with Gasteiger partial charge in [-0.1, -0.05) is 6.07 Å². The molecule has 64 valence electrons. The minimum atomic E-state index is 0.138. The molecule has 2 nitrogen and oxygen atoms in total. The number of carbonyl (C=O) groups is 1. The Morgan fingerprint density at radius 1 is 1.38 bits per heavy atom. The van der Waals surface area contributed by atoms with Crippen molar-refractivity contribution in [3.63, 3.8) is 0 Å². The Kier molecular flexibility index (Phi) is 1.93. The standard InChI is InChI=1S/C10H6BrNO/c11-10-7(5-12)2-1-6-3-4-8(13)9(6)10/h1-2H,3-4H2. The monoisotopic (exact) mass is 235 g/mol. The number of hydrogen-bond donors (Lipinski definition) is 0. The lowest BCUT2D eigenvalue weighted by atomic mass is 10.1. The van der Waals surface area contributed by atoms with Gasteiger partial charge in [-0.3, -0.25) is 4.79 Å². The van der Waals surface area contributed by atoms with Crippen LogP contribution in [0.25, 0.3) is 0 Å². The molecule has 13 heavy (non-hydrogen) atoms. The fraction of sp³-hybridized carbons (Fsp3) is 0.200. The lowest BCUT2D eigenvalue weighted by molar-refractivity contribution is 0.0994. The van der Waals surface area contributed by atoms with Gasteiger partial charge in [-0.2, -0.15) is 5.26 Å². The van der Waals surface area contributed by atoms with Gasteiger partial charge < -0.3 is 0 Å². The molecule has 0 fully saturated rings. The molecule has 0 N–H and O–H groups in total. The van der Waals surface area contributed by atoms with Crippen LogP contribution in [0.3, 0.4) is 0 Å². The largest absolute Gasteiger partial charge is 0.294 e. The van der Waals surface area contributed by atoms with Crippen LogP contribution in [0.2, 0.25) is 0 Å². The highest BCUT2D eigenvalue weighted by Gasteiger charge is 2.23. The summed E-state index contributed by atoms with van der Waals surface area (Å²) < 4.78 is 0.662. The summed E-state index contributed by atoms with van der Waals surface area (Å²) in [5.74, 6) is 0.138. The summed E-state index contributed by atoms with van der Waals surface area (Å²) in [5.41, 5.74) is 2.30. The molecular weight excluding hydrogens is 230 g/mol. The Balaban J connectivity index is 2.71. The van der Waals surface area contributed by atoms with Crippen LogP contribution in [-0.2, 0) is 6.42 Å². The second-order valence-electron chi connectivity index (χ2n) is 3.00. The summed E-state index contributed by atoms with van der Waals surface area (Å²) in [4.78, 5) is 11.4. The lowest BCUT2D eigenvalue weighted by Gasteiger charge is -2.01. The molecule has 1 aliphatic carbocycles. The molecule has 1 aromatic rings. The van der Waals surface area contributed by atoms with E-state index in [1.807, 2.05) is 12.1 Å². The minimum absolute atomic E-state index is 0.138. The number of halogens is 1. The van der Waals surface area contributed by atoms with Crippen molar-refractivity contribution in [3.05, 3.63) is 33.3 Å². The van der Waals surface area contributed by atoms with E-state index < -0.39 is 0 Å². The third-order valence-corrected chi connectivity index (χ3v) is 3.07. The van der Waals surface area contributed by atoms with Crippen molar-refractivity contribution >= 4 is 21.7 Å². The number of nitriles is 1. The van der Waals surface area contributed by atoms with Gasteiger partial charge in [0.1, 0.15) is 6.07 Å². The Morgan fingerprint density at radius 3 is 2.85 bits per heavy atom. The van der Waals surface area contributed by atoms with Crippen LogP contribution in [0.15, 0.2) is 16.6 Å². The van der Waals surface area contributed by atoms with E-state index in [1.54, 1.807) is 6.07 Å². The lowest BCUT2D eigenvalue weighted by Crippen LogP contribution is -1.94. The summed E-state index contributed by atoms with van der Waals surface area (Å²) in [6, 6.07) is 5.66. The van der Waals surface area contributed by atoms with Crippen molar-refractivity contribution in [1.82, 2.24) is 0 Å². The molecular formula is C10H6BrNO. The smallest absolute Gasteiger partial charge is 0.164 e. The first-order valence-corrected chi connectivity index (χ1v) is 4.78. The number of rotatable bonds is 0. The van der Waals surface area contributed by atoms with Gasteiger partial charge in [-0.05, 0) is 34.0 Å². The Morgan fingerprint density at radius 2 is 2.15 bits per heavy atom. The number of ketones is 1. The topological polar surface area (TPSA) is 40.9 Å². The minimum Gasteiger partial charge on any atom is -0.294 e. The number of Topliss-reactive ketones (excluding diaryl/α,β-unsaturated/α-hetero) is 1. The number of nitrogens with zero attached hydrogens (tertiary/aromatic N) is 1. The summed E-state index contributed by atoms with van der Waals surface area (Å²) >= 11 is 3.29. The maximum absolute atomic E-state index is 11.4. The van der Waals surface area contributed by atoms with Gasteiger partial charge in [-0.15, -0.1) is 0 Å². The maximum atomic E-state index is 11.4. The molecule has 0 saturated heterocycles. The van der Waals surface area contributed by atoms with Crippen LogP contribution >= 0.6 is 15.9 Å². The third kappa shape index (κ3) is 1.18. The summed E-state index contributed by atoms with van der Waals surface area (Å²) in [5, 5.41) is 8.74. The molecule has 1 aromatic carbocycles. The first kappa shape index (κ1) is 8.46. The van der Waals surface area contributed by atoms with Crippen molar-refractivity contribution < 1.29 is 4.79 Å². The average molecular weight is 236 g/mol. The molecule has 0 aliphatic heterocycles. The fourth-order valence-corrected chi connectivity index (χ4v) is 2.28. The Labute approximate surface area is 84.3 Å². The van der Waals surface area contributed by atoms with E-state index >= 15 is 0 Å². The van der Waals surface area contributed by atoms with Gasteiger partial charge in [0.05, 0.1) is 5.56 Å². The quantitative estimate of drug-likeness (QED) is 0.694. The second kappa shape index (κ2) is 2.97. The molecule has 0 bridgehead atoms. The zero-order valence-electron chi connectivity index (χ0n) is 6.80. The van der Waals surface area contributed by atoms with E-state index in [-0.39, 0.29) is 5.78 Å². The molecule has 0 spiro atoms. The average Bonchev–Trinajstić information content (AvgIpc) is 2.49. The zero-order valence-corrected chi connectivity index (χ0v) is 8.39. The molecule has 3 heteroatoms. The predicted octanol–water partition coefficient (Wildman–Crippen LogP) is 2.45. The van der Waals surface area contributed by atoms with Crippen LogP contribution in [0.4, 0.5) is 0 Å². The summed E-state index contributed by atoms with van der Waals surface area (Å²) in [6.07, 6.45) is 1.38. The highest BCUT2D eigenvalue weighted by molar-refractivity contribution is 9.10. The molecule has 0 unspecified atom stereocenters. The number of benzene rings is 1. The fourth-order valence-electron chi connectivity index (χ4n) is 1.59. The van der Waals surface area contributed by atoms with Gasteiger partial charge in [0, 0.05) is 16.5 Å². The molecule has 2 rings (SSSR count). The van der Waals surface area contributed by atoms with Crippen LogP contribution < -0.4 is 0 Å². The van der Waals surface area contributed by atoms with E-state index in [1.165, 1.54) is 0 Å². The van der Waals surface area contributed by atoms with Gasteiger partial charge in [-0.25, -0.2) is 0 Å². The molecule has 0 saturated carbocycles. The first-order chi connectivity index (χ1) is 6.24. The molecule has 0 aromatic heterocycles. The van der Waals surface area contributed by atoms with Crippen molar-refractivity contribution in [2.75, 3.05) is 0 Å². The predicted molar refractivity (Wildman–Crippen MR) is 51.5 cm³/mol. The van der Waals surface area contributed by atoms with Crippen LogP contribution in [-0.4, -0.2) is 5.78 Å². The Bertz CT molecular complexity index is 431. The molecule has 0 radical (unpaired) electrons. The van der Waals surface area contributed by atoms with Gasteiger partial charge in [0.15, 0.2) is 5.78 Å². The van der Waals surface area contributed by atoms with Crippen molar-refractivity contribution in [1.29, 1.82) is 5.26 Å². The number of fused-ring (bicyclic) bond motifs is 1. The van der Waals surface area contributed by atoms with E-state index in [0.29, 0.717) is 22.0 Å². The third-order valence-electron chi connectivity index (χ3n) is 2.25. The Hall–Kier alpha value is -1.14. The van der Waals surface area contributed by atoms with Crippen LogP contribution in [0.5, 0.6) is 0 Å². The number of hydrogen-bond acceptors (Lipinski definition) is 2. The highest BCUT2D eigenvalue weighted by atomic mass is 79.9. The van der Waals surface area contributed by atoms with E-state index in [2.05, 4.69) is 15.9 Å². The first-order valence-electron chi connectivity index (χ1n) is 3.98. The highest BCUT2D eigenvalue weighted by Crippen LogP contribution is 2.31. The van der Waals surface area contributed by atoms with E-state index in [0.717, 1.165) is 12.0 Å². The van der Waals surface area contributed by atoms with Gasteiger partial charge in [0.2, 0.25) is 0 Å². The SMILES string of the molecule is N#Cc1ccc2c(c1Br)C(=O)CC2. The van der Waals surface area contributed by atoms with Crippen molar-refractivity contribution in [3.8, 4) is 6.07 Å². The second-order valence-corrected chi connectivity index (χ2v) is 3.79. The van der Waals surface area contributed by atoms with Crippen molar-refractivity contribution in [2.45, 2.75) is 12.8 Å². The summed E-state index contributed by atoms with van der Waals surface area (Å²) in [6.45, 7) is 0. The van der Waals surface area contributed by atoms with Gasteiger partial charge in [0.25, 0.3) is 0 Å². The number of aryl methyl sites for hydroxylation is 1. The number of carbonyl (C=O) groups excluding carboxylic acids is 1. The normalized spacial score (nSPS) is 14.0. The molecule has 0 heterocycles. The van der Waals surface area contributed by atoms with Gasteiger partial charge >= 0.3 is 0 Å². The maximum Gasteiger partial charge on any atom is 0.164 e. The van der Waals surface area contributed by atoms with Crippen LogP contribution in [0, 0.1) is 11.3 Å². The molecule has 0 atom stereocenters. The summed E-state index contributed by atoms with van der Waals surface area (Å²) in [7, 11) is 0. The van der Waals surface area contributed by atoms with E-state index in [9.17, 15) is 4.79 Å².